The van der Waals surface area contributed by atoms with Crippen LogP contribution in [0.15, 0.2) is 53.4 Å². The summed E-state index contributed by atoms with van der Waals surface area (Å²) in [6.45, 7) is 8.24. The zero-order chi connectivity index (χ0) is 22.0. The molecule has 6 heteroatoms. The molecule has 160 valence electrons. The number of likely N-dealkylation sites (N-methyl/N-ethyl adjacent to an activating group) is 1. The van der Waals surface area contributed by atoms with Crippen molar-refractivity contribution in [2.45, 2.75) is 33.7 Å². The number of aryl methyl sites for hydroxylation is 2. The van der Waals surface area contributed by atoms with E-state index in [1.165, 1.54) is 22.8 Å². The van der Waals surface area contributed by atoms with E-state index in [2.05, 4.69) is 48.7 Å². The summed E-state index contributed by atoms with van der Waals surface area (Å²) in [6.07, 6.45) is 2.90. The summed E-state index contributed by atoms with van der Waals surface area (Å²) < 4.78 is 8.89. The first kappa shape index (κ1) is 21.7. The van der Waals surface area contributed by atoms with Crippen LogP contribution in [0.1, 0.15) is 30.2 Å². The number of aromatic nitrogens is 1. The van der Waals surface area contributed by atoms with Crippen LogP contribution in [0.4, 0.5) is 0 Å². The summed E-state index contributed by atoms with van der Waals surface area (Å²) in [5.74, 6) is 0.910. The molecule has 1 fully saturated rings. The predicted molar refractivity (Wildman–Crippen MR) is 134 cm³/mol. The molecule has 31 heavy (non-hydrogen) atoms. The third kappa shape index (κ3) is 4.41. The van der Waals surface area contributed by atoms with Crippen molar-refractivity contribution in [2.75, 3.05) is 13.2 Å². The highest BCUT2D eigenvalue weighted by atomic mass is 32.2. The molecule has 2 heterocycles. The van der Waals surface area contributed by atoms with Crippen molar-refractivity contribution < 1.29 is 9.53 Å². The zero-order valence-electron chi connectivity index (χ0n) is 18.1. The topological polar surface area (TPSA) is 34.5 Å². The maximum atomic E-state index is 12.7. The molecule has 1 saturated heterocycles. The first-order valence-corrected chi connectivity index (χ1v) is 11.7. The predicted octanol–water partition coefficient (Wildman–Crippen LogP) is 5.95. The van der Waals surface area contributed by atoms with E-state index in [-0.39, 0.29) is 5.91 Å². The number of benzene rings is 2. The molecule has 3 aromatic rings. The van der Waals surface area contributed by atoms with Crippen molar-refractivity contribution in [3.8, 4) is 5.75 Å². The van der Waals surface area contributed by atoms with Gasteiger partial charge in [0, 0.05) is 35.2 Å². The van der Waals surface area contributed by atoms with Gasteiger partial charge in [-0.1, -0.05) is 54.3 Å². The second-order valence-corrected chi connectivity index (χ2v) is 9.29. The van der Waals surface area contributed by atoms with Gasteiger partial charge >= 0.3 is 0 Å². The summed E-state index contributed by atoms with van der Waals surface area (Å²) in [5.41, 5.74) is 4.61. The molecule has 0 aliphatic carbocycles. The van der Waals surface area contributed by atoms with E-state index < -0.39 is 0 Å². The van der Waals surface area contributed by atoms with Crippen LogP contribution in [0.2, 0.25) is 0 Å². The second-order valence-electron chi connectivity index (χ2n) is 7.61. The molecule has 0 radical (unpaired) electrons. The van der Waals surface area contributed by atoms with Gasteiger partial charge in [-0.15, -0.1) is 0 Å². The molecule has 1 amide bonds. The fourth-order valence-corrected chi connectivity index (χ4v) is 5.32. The van der Waals surface area contributed by atoms with Crippen molar-refractivity contribution in [1.29, 1.82) is 0 Å². The van der Waals surface area contributed by atoms with E-state index in [1.807, 2.05) is 31.2 Å². The van der Waals surface area contributed by atoms with Crippen LogP contribution in [-0.2, 0) is 11.3 Å². The van der Waals surface area contributed by atoms with Crippen LogP contribution < -0.4 is 4.74 Å². The van der Waals surface area contributed by atoms with Crippen molar-refractivity contribution in [1.82, 2.24) is 9.47 Å². The Morgan fingerprint density at radius 1 is 1.13 bits per heavy atom. The molecule has 4 nitrogen and oxygen atoms in total. The van der Waals surface area contributed by atoms with Crippen LogP contribution in [0.25, 0.3) is 17.0 Å². The number of para-hydroxylation sites is 1. The number of carbonyl (C=O) groups excluding carboxylic acids is 1. The smallest absolute Gasteiger partial charge is 0.266 e. The minimum absolute atomic E-state index is 0.000265. The normalized spacial score (nSPS) is 15.5. The average Bonchev–Trinajstić information content (AvgIpc) is 3.18. The quantitative estimate of drug-likeness (QED) is 0.253. The largest absolute Gasteiger partial charge is 0.494 e. The monoisotopic (exact) mass is 450 g/mol. The number of carbonyl (C=O) groups is 1. The van der Waals surface area contributed by atoms with E-state index in [4.69, 9.17) is 17.0 Å². The maximum absolute atomic E-state index is 12.7. The fourth-order valence-electron chi connectivity index (χ4n) is 3.95. The number of fused-ring (bicyclic) bond motifs is 1. The molecule has 4 rings (SSSR count). The number of rotatable bonds is 7. The van der Waals surface area contributed by atoms with E-state index in [0.717, 1.165) is 35.4 Å². The summed E-state index contributed by atoms with van der Waals surface area (Å²) in [5, 5.41) is 1.15. The van der Waals surface area contributed by atoms with Gasteiger partial charge in [-0.3, -0.25) is 9.69 Å². The Balaban J connectivity index is 1.56. The van der Waals surface area contributed by atoms with Gasteiger partial charge in [0.1, 0.15) is 10.1 Å². The van der Waals surface area contributed by atoms with Crippen LogP contribution in [0, 0.1) is 13.8 Å². The number of hydrogen-bond acceptors (Lipinski definition) is 4. The van der Waals surface area contributed by atoms with Gasteiger partial charge in [0.15, 0.2) is 0 Å². The molecule has 2 aromatic carbocycles. The van der Waals surface area contributed by atoms with Crippen LogP contribution >= 0.6 is 24.0 Å². The van der Waals surface area contributed by atoms with Gasteiger partial charge < -0.3 is 9.30 Å². The summed E-state index contributed by atoms with van der Waals surface area (Å²) in [6, 6.07) is 16.5. The molecule has 0 atom stereocenters. The lowest BCUT2D eigenvalue weighted by atomic mass is 10.1. The third-order valence-corrected chi connectivity index (χ3v) is 6.91. The molecule has 0 N–H and O–H groups in total. The Kier molecular flexibility index (Phi) is 6.49. The van der Waals surface area contributed by atoms with Crippen LogP contribution in [-0.4, -0.2) is 32.8 Å². The lowest BCUT2D eigenvalue weighted by molar-refractivity contribution is -0.121. The number of hydrogen-bond donors (Lipinski definition) is 0. The summed E-state index contributed by atoms with van der Waals surface area (Å²) in [4.78, 5) is 15.1. The molecule has 0 spiro atoms. The fraction of sp³-hybridized carbons (Fsp3) is 0.280. The van der Waals surface area contributed by atoms with Gasteiger partial charge in [0.25, 0.3) is 5.91 Å². The standard InChI is InChI=1S/C25H26N2O2S2/c1-4-26-24(28)23(31-25(26)30)16-21-18(3)27(22-12-6-5-11-20(21)22)13-8-14-29-19-10-7-9-17(2)15-19/h5-7,9-12,15-16H,4,8,13-14H2,1-3H3/b23-16-. The van der Waals surface area contributed by atoms with Gasteiger partial charge in [-0.2, -0.15) is 0 Å². The Morgan fingerprint density at radius 3 is 2.68 bits per heavy atom. The molecular formula is C25H26N2O2S2. The Hall–Kier alpha value is -2.57. The first-order chi connectivity index (χ1) is 15.0. The lowest BCUT2D eigenvalue weighted by Gasteiger charge is -2.10. The molecule has 0 bridgehead atoms. The van der Waals surface area contributed by atoms with Gasteiger partial charge in [-0.25, -0.2) is 0 Å². The molecular weight excluding hydrogens is 424 g/mol. The minimum Gasteiger partial charge on any atom is -0.494 e. The van der Waals surface area contributed by atoms with Crippen molar-refractivity contribution >= 4 is 51.2 Å². The maximum Gasteiger partial charge on any atom is 0.266 e. The minimum atomic E-state index is 0.000265. The van der Waals surface area contributed by atoms with Gasteiger partial charge in [0.05, 0.1) is 11.5 Å². The Bertz CT molecular complexity index is 1180. The highest BCUT2D eigenvalue weighted by Gasteiger charge is 2.31. The highest BCUT2D eigenvalue weighted by Crippen LogP contribution is 2.35. The van der Waals surface area contributed by atoms with E-state index in [0.29, 0.717) is 22.4 Å². The number of thioether (sulfide) groups is 1. The van der Waals surface area contributed by atoms with E-state index >= 15 is 0 Å². The van der Waals surface area contributed by atoms with Gasteiger partial charge in [-0.05, 0) is 57.0 Å². The third-order valence-electron chi connectivity index (χ3n) is 5.53. The van der Waals surface area contributed by atoms with Crippen LogP contribution in [0.3, 0.4) is 0 Å². The number of ether oxygens (including phenoxy) is 1. The van der Waals surface area contributed by atoms with Crippen LogP contribution in [0.5, 0.6) is 5.75 Å². The molecule has 0 saturated carbocycles. The first-order valence-electron chi connectivity index (χ1n) is 10.5. The Morgan fingerprint density at radius 2 is 1.94 bits per heavy atom. The molecule has 1 aliphatic rings. The summed E-state index contributed by atoms with van der Waals surface area (Å²) in [7, 11) is 0. The SMILES string of the molecule is CCN1C(=O)/C(=C/c2c(C)n(CCCOc3cccc(C)c3)c3ccccc23)SC1=S. The summed E-state index contributed by atoms with van der Waals surface area (Å²) >= 11 is 6.76. The molecule has 1 aliphatic heterocycles. The lowest BCUT2D eigenvalue weighted by Crippen LogP contribution is -2.27. The zero-order valence-corrected chi connectivity index (χ0v) is 19.7. The van der Waals surface area contributed by atoms with Crippen molar-refractivity contribution in [3.63, 3.8) is 0 Å². The Labute approximate surface area is 192 Å². The number of thiocarbonyl (C=S) groups is 1. The highest BCUT2D eigenvalue weighted by molar-refractivity contribution is 8.26. The number of amides is 1. The van der Waals surface area contributed by atoms with Crippen molar-refractivity contribution in [3.05, 3.63) is 70.3 Å². The molecule has 0 unspecified atom stereocenters. The van der Waals surface area contributed by atoms with Gasteiger partial charge in [0.2, 0.25) is 0 Å². The second kappa shape index (κ2) is 9.28. The average molecular weight is 451 g/mol. The number of nitrogens with zero attached hydrogens (tertiary/aromatic N) is 2. The van der Waals surface area contributed by atoms with Crippen molar-refractivity contribution in [2.24, 2.45) is 0 Å². The van der Waals surface area contributed by atoms with E-state index in [1.54, 1.807) is 4.90 Å². The van der Waals surface area contributed by atoms with E-state index in [9.17, 15) is 4.79 Å². The molecule has 1 aromatic heterocycles.